The molecule has 0 saturated heterocycles. The summed E-state index contributed by atoms with van der Waals surface area (Å²) in [5, 5.41) is 0. The largest absolute Gasteiger partial charge is 0.0576 e. The molecule has 0 heterocycles. The summed E-state index contributed by atoms with van der Waals surface area (Å²) < 4.78 is 1.21. The highest BCUT2D eigenvalue weighted by Crippen LogP contribution is 2.37. The molecular formula is C12H15Br. The molecule has 0 atom stereocenters. The van der Waals surface area contributed by atoms with E-state index in [4.69, 9.17) is 0 Å². The van der Waals surface area contributed by atoms with Crippen molar-refractivity contribution in [1.82, 2.24) is 0 Å². The molecule has 0 nitrogen and oxygen atoms in total. The third-order valence-electron chi connectivity index (χ3n) is 3.05. The number of benzene rings is 1. The minimum atomic E-state index is 0.372. The van der Waals surface area contributed by atoms with Gasteiger partial charge in [-0.3, -0.25) is 0 Å². The van der Waals surface area contributed by atoms with Gasteiger partial charge in [0.15, 0.2) is 0 Å². The molecule has 0 radical (unpaired) electrons. The summed E-state index contributed by atoms with van der Waals surface area (Å²) in [6.07, 6.45) is 3.91. The normalized spacial score (nSPS) is 19.6. The van der Waals surface area contributed by atoms with Gasteiger partial charge in [-0.25, -0.2) is 0 Å². The van der Waals surface area contributed by atoms with Crippen molar-refractivity contribution < 1.29 is 0 Å². The first kappa shape index (κ1) is 9.26. The third-order valence-corrected chi connectivity index (χ3v) is 3.54. The van der Waals surface area contributed by atoms with Crippen LogP contribution >= 0.6 is 15.9 Å². The van der Waals surface area contributed by atoms with Crippen LogP contribution in [0.3, 0.4) is 0 Å². The fraction of sp³-hybridized carbons (Fsp3) is 0.500. The van der Waals surface area contributed by atoms with Crippen LogP contribution in [0.25, 0.3) is 0 Å². The molecular weight excluding hydrogens is 224 g/mol. The molecule has 0 bridgehead atoms. The van der Waals surface area contributed by atoms with Gasteiger partial charge in [0.05, 0.1) is 0 Å². The maximum atomic E-state index is 3.54. The lowest BCUT2D eigenvalue weighted by Gasteiger charge is -2.32. The first-order chi connectivity index (χ1) is 6.09. The molecule has 0 aliphatic heterocycles. The zero-order valence-corrected chi connectivity index (χ0v) is 9.82. The van der Waals surface area contributed by atoms with Crippen molar-refractivity contribution in [1.29, 1.82) is 0 Å². The van der Waals surface area contributed by atoms with Crippen molar-refractivity contribution in [3.05, 3.63) is 33.8 Å². The van der Waals surface area contributed by atoms with Crippen molar-refractivity contribution in [3.8, 4) is 0 Å². The van der Waals surface area contributed by atoms with Crippen LogP contribution in [0, 0.1) is 0 Å². The predicted molar refractivity (Wildman–Crippen MR) is 60.1 cm³/mol. The van der Waals surface area contributed by atoms with E-state index in [0.717, 1.165) is 0 Å². The number of hydrogen-bond donors (Lipinski definition) is 0. The predicted octanol–water partition coefficient (Wildman–Crippen LogP) is 4.06. The van der Waals surface area contributed by atoms with E-state index >= 15 is 0 Å². The van der Waals surface area contributed by atoms with Gasteiger partial charge in [0.2, 0.25) is 0 Å². The van der Waals surface area contributed by atoms with Gasteiger partial charge in [-0.1, -0.05) is 35.8 Å². The van der Waals surface area contributed by atoms with E-state index in [1.165, 1.54) is 29.3 Å². The second-order valence-electron chi connectivity index (χ2n) is 4.54. The Kier molecular flexibility index (Phi) is 2.23. The summed E-state index contributed by atoms with van der Waals surface area (Å²) in [6, 6.07) is 6.70. The molecule has 0 aromatic heterocycles. The summed E-state index contributed by atoms with van der Waals surface area (Å²) in [4.78, 5) is 0. The van der Waals surface area contributed by atoms with Crippen LogP contribution < -0.4 is 0 Å². The van der Waals surface area contributed by atoms with Crippen LogP contribution in [-0.4, -0.2) is 0 Å². The molecule has 2 rings (SSSR count). The highest BCUT2D eigenvalue weighted by molar-refractivity contribution is 9.10. The van der Waals surface area contributed by atoms with Crippen LogP contribution in [-0.2, 0) is 11.8 Å². The lowest BCUT2D eigenvalue weighted by atomic mass is 9.73. The van der Waals surface area contributed by atoms with Gasteiger partial charge < -0.3 is 0 Å². The smallest absolute Gasteiger partial charge is 0.0178 e. The van der Waals surface area contributed by atoms with Crippen LogP contribution in [0.1, 0.15) is 37.8 Å². The standard InChI is InChI=1S/C12H15Br/c1-12(2)7-3-4-9-5-6-10(13)8-11(9)12/h5-6,8H,3-4,7H2,1-2H3. The van der Waals surface area contributed by atoms with Crippen molar-refractivity contribution in [2.75, 3.05) is 0 Å². The van der Waals surface area contributed by atoms with Gasteiger partial charge in [0.1, 0.15) is 0 Å². The number of hydrogen-bond acceptors (Lipinski definition) is 0. The quantitative estimate of drug-likeness (QED) is 0.640. The molecule has 70 valence electrons. The van der Waals surface area contributed by atoms with E-state index in [9.17, 15) is 0 Å². The lowest BCUT2D eigenvalue weighted by Crippen LogP contribution is -2.23. The van der Waals surface area contributed by atoms with Crippen LogP contribution in [0.15, 0.2) is 22.7 Å². The van der Waals surface area contributed by atoms with E-state index in [0.29, 0.717) is 5.41 Å². The minimum Gasteiger partial charge on any atom is -0.0576 e. The van der Waals surface area contributed by atoms with Crippen molar-refractivity contribution in [2.45, 2.75) is 38.5 Å². The summed E-state index contributed by atoms with van der Waals surface area (Å²) in [7, 11) is 0. The Morgan fingerprint density at radius 1 is 1.31 bits per heavy atom. The Morgan fingerprint density at radius 3 is 2.85 bits per heavy atom. The van der Waals surface area contributed by atoms with Gasteiger partial charge >= 0.3 is 0 Å². The Bertz CT molecular complexity index is 326. The molecule has 0 amide bonds. The average molecular weight is 239 g/mol. The van der Waals surface area contributed by atoms with Gasteiger partial charge in [-0.05, 0) is 47.9 Å². The van der Waals surface area contributed by atoms with E-state index in [2.05, 4.69) is 48.0 Å². The van der Waals surface area contributed by atoms with Gasteiger partial charge in [0.25, 0.3) is 0 Å². The van der Waals surface area contributed by atoms with Crippen LogP contribution in [0.2, 0.25) is 0 Å². The second kappa shape index (κ2) is 3.13. The molecule has 13 heavy (non-hydrogen) atoms. The summed E-state index contributed by atoms with van der Waals surface area (Å²) in [5.41, 5.74) is 3.45. The molecule has 1 heteroatoms. The molecule has 0 unspecified atom stereocenters. The maximum absolute atomic E-state index is 3.54. The first-order valence-corrected chi connectivity index (χ1v) is 5.68. The molecule has 0 N–H and O–H groups in total. The van der Waals surface area contributed by atoms with Crippen LogP contribution in [0.5, 0.6) is 0 Å². The Morgan fingerprint density at radius 2 is 2.08 bits per heavy atom. The fourth-order valence-electron chi connectivity index (χ4n) is 2.25. The maximum Gasteiger partial charge on any atom is 0.0178 e. The molecule has 1 aliphatic rings. The molecule has 1 aliphatic carbocycles. The van der Waals surface area contributed by atoms with E-state index in [1.807, 2.05) is 0 Å². The summed E-state index contributed by atoms with van der Waals surface area (Å²) >= 11 is 3.54. The van der Waals surface area contributed by atoms with Crippen LogP contribution in [0.4, 0.5) is 0 Å². The number of halogens is 1. The first-order valence-electron chi connectivity index (χ1n) is 4.88. The average Bonchev–Trinajstić information content (AvgIpc) is 2.06. The van der Waals surface area contributed by atoms with Gasteiger partial charge in [-0.15, -0.1) is 0 Å². The highest BCUT2D eigenvalue weighted by atomic mass is 79.9. The van der Waals surface area contributed by atoms with Crippen molar-refractivity contribution >= 4 is 15.9 Å². The highest BCUT2D eigenvalue weighted by Gasteiger charge is 2.26. The zero-order chi connectivity index (χ0) is 9.47. The molecule has 1 aromatic carbocycles. The summed E-state index contributed by atoms with van der Waals surface area (Å²) in [6.45, 7) is 4.69. The lowest BCUT2D eigenvalue weighted by molar-refractivity contribution is 0.431. The van der Waals surface area contributed by atoms with Crippen molar-refractivity contribution in [2.24, 2.45) is 0 Å². The van der Waals surface area contributed by atoms with Gasteiger partial charge in [0, 0.05) is 4.47 Å². The number of rotatable bonds is 0. The SMILES string of the molecule is CC1(C)CCCc2ccc(Br)cc21. The molecule has 0 saturated carbocycles. The second-order valence-corrected chi connectivity index (χ2v) is 5.45. The zero-order valence-electron chi connectivity index (χ0n) is 8.23. The molecule has 0 spiro atoms. The van der Waals surface area contributed by atoms with Gasteiger partial charge in [-0.2, -0.15) is 0 Å². The summed E-state index contributed by atoms with van der Waals surface area (Å²) in [5.74, 6) is 0. The monoisotopic (exact) mass is 238 g/mol. The number of aryl methyl sites for hydroxylation is 1. The topological polar surface area (TPSA) is 0 Å². The number of fused-ring (bicyclic) bond motifs is 1. The van der Waals surface area contributed by atoms with E-state index < -0.39 is 0 Å². The Balaban J connectivity index is 2.55. The molecule has 0 fully saturated rings. The third kappa shape index (κ3) is 1.67. The van der Waals surface area contributed by atoms with E-state index in [-0.39, 0.29) is 0 Å². The Labute approximate surface area is 88.5 Å². The molecule has 1 aromatic rings. The van der Waals surface area contributed by atoms with E-state index in [1.54, 1.807) is 5.56 Å². The minimum absolute atomic E-state index is 0.372. The fourth-order valence-corrected chi connectivity index (χ4v) is 2.61. The van der Waals surface area contributed by atoms with Crippen molar-refractivity contribution in [3.63, 3.8) is 0 Å². The Hall–Kier alpha value is -0.300.